The van der Waals surface area contributed by atoms with Crippen LogP contribution in [0.1, 0.15) is 70.3 Å². The third-order valence-corrected chi connectivity index (χ3v) is 6.09. The van der Waals surface area contributed by atoms with E-state index < -0.39 is 4.75 Å². The quantitative estimate of drug-likeness (QED) is 0.147. The second-order valence-electron chi connectivity index (χ2n) is 7.02. The highest BCUT2D eigenvalue weighted by Crippen LogP contribution is 2.33. The third kappa shape index (κ3) is 10.6. The van der Waals surface area contributed by atoms with Crippen LogP contribution in [0.2, 0.25) is 0 Å². The predicted molar refractivity (Wildman–Crippen MR) is 122 cm³/mol. The molecule has 0 heterocycles. The summed E-state index contributed by atoms with van der Waals surface area (Å²) in [4.78, 5) is 12.0. The molecule has 0 saturated heterocycles. The first-order valence-electron chi connectivity index (χ1n) is 9.97. The minimum atomic E-state index is -0.739. The van der Waals surface area contributed by atoms with E-state index in [0.717, 1.165) is 24.8 Å². The number of thioether (sulfide) groups is 1. The van der Waals surface area contributed by atoms with E-state index in [2.05, 4.69) is 12.6 Å². The van der Waals surface area contributed by atoms with E-state index in [1.54, 1.807) is 0 Å². The molecule has 1 atom stereocenters. The lowest BCUT2D eigenvalue weighted by Crippen LogP contribution is -2.22. The molecule has 28 heavy (non-hydrogen) atoms. The van der Waals surface area contributed by atoms with E-state index in [-0.39, 0.29) is 12.4 Å². The highest BCUT2D eigenvalue weighted by atomic mass is 32.2. The van der Waals surface area contributed by atoms with Gasteiger partial charge >= 0.3 is 5.97 Å². The zero-order valence-corrected chi connectivity index (χ0v) is 18.5. The molecule has 0 fully saturated rings. The average Bonchev–Trinajstić information content (AvgIpc) is 2.71. The van der Waals surface area contributed by atoms with E-state index in [9.17, 15) is 10.1 Å². The normalized spacial score (nSPS) is 12.6. The van der Waals surface area contributed by atoms with Crippen LogP contribution >= 0.6 is 24.0 Å². The first-order valence-corrected chi connectivity index (χ1v) is 11.2. The number of thiocarbonyl (C=S) groups is 1. The number of carbonyl (C=O) groups excluding carboxylic acids is 1. The minimum Gasteiger partial charge on any atom is -0.466 e. The van der Waals surface area contributed by atoms with Gasteiger partial charge in [-0.2, -0.15) is 5.26 Å². The van der Waals surface area contributed by atoms with Crippen molar-refractivity contribution in [1.82, 2.24) is 0 Å². The highest BCUT2D eigenvalue weighted by molar-refractivity contribution is 8.24. The van der Waals surface area contributed by atoms with E-state index in [4.69, 9.17) is 17.0 Å². The zero-order chi connectivity index (χ0) is 20.7. The van der Waals surface area contributed by atoms with Crippen molar-refractivity contribution in [2.45, 2.75) is 69.5 Å². The molecule has 0 radical (unpaired) electrons. The average molecular weight is 418 g/mol. The van der Waals surface area contributed by atoms with Crippen molar-refractivity contribution >= 4 is 34.1 Å². The minimum absolute atomic E-state index is 0.232. The van der Waals surface area contributed by atoms with Gasteiger partial charge in [0, 0.05) is 6.42 Å². The molecule has 0 spiro atoms. The van der Waals surface area contributed by atoms with Crippen molar-refractivity contribution < 1.29 is 9.53 Å². The van der Waals surface area contributed by atoms with E-state index in [0.29, 0.717) is 17.2 Å². The third-order valence-electron chi connectivity index (χ3n) is 4.44. The molecular formula is C23H31NO2S2. The molecule has 1 rings (SSSR count). The summed E-state index contributed by atoms with van der Waals surface area (Å²) < 4.78 is 5.25. The molecule has 0 N–H and O–H groups in total. The standard InChI is InChI=1S/C23H31NO2S2/c1-3-4-5-6-7-8-9-13-18-26-21(25)16-17-23(2,19-24)28-22(27)20-14-11-10-12-15-20/h3,10-12,14-15H,1,4-9,13,16-18H2,2H3. The van der Waals surface area contributed by atoms with Crippen LogP contribution in [0.15, 0.2) is 43.0 Å². The van der Waals surface area contributed by atoms with E-state index >= 15 is 0 Å². The van der Waals surface area contributed by atoms with E-state index in [1.807, 2.05) is 43.3 Å². The summed E-state index contributed by atoms with van der Waals surface area (Å²) in [5.74, 6) is -0.237. The van der Waals surface area contributed by atoms with Gasteiger partial charge in [-0.3, -0.25) is 4.79 Å². The van der Waals surface area contributed by atoms with Crippen molar-refractivity contribution in [1.29, 1.82) is 5.26 Å². The SMILES string of the molecule is C=CCCCCCCCCOC(=O)CCC(C)(C#N)SC(=S)c1ccccc1. The molecule has 1 aromatic rings. The van der Waals surface area contributed by atoms with Crippen LogP contribution in [-0.2, 0) is 9.53 Å². The van der Waals surface area contributed by atoms with Gasteiger partial charge in [-0.1, -0.05) is 86.1 Å². The summed E-state index contributed by atoms with van der Waals surface area (Å²) in [7, 11) is 0. The lowest BCUT2D eigenvalue weighted by Gasteiger charge is -2.20. The topological polar surface area (TPSA) is 50.1 Å². The Morgan fingerprint density at radius 1 is 1.21 bits per heavy atom. The maximum Gasteiger partial charge on any atom is 0.305 e. The molecule has 3 nitrogen and oxygen atoms in total. The number of rotatable bonds is 14. The van der Waals surface area contributed by atoms with Crippen molar-refractivity contribution in [2.24, 2.45) is 0 Å². The Bertz CT molecular complexity index is 654. The molecule has 0 saturated carbocycles. The Morgan fingerprint density at radius 2 is 1.86 bits per heavy atom. The number of nitrogens with zero attached hydrogens (tertiary/aromatic N) is 1. The molecule has 0 bridgehead atoms. The van der Waals surface area contributed by atoms with Gasteiger partial charge in [-0.05, 0) is 38.2 Å². The second kappa shape index (κ2) is 14.4. The molecule has 1 unspecified atom stereocenters. The maximum absolute atomic E-state index is 12.0. The number of hydrogen-bond acceptors (Lipinski definition) is 5. The molecule has 152 valence electrons. The van der Waals surface area contributed by atoms with Gasteiger partial charge in [0.05, 0.1) is 16.9 Å². The molecule has 0 aliphatic carbocycles. The summed E-state index contributed by atoms with van der Waals surface area (Å²) >= 11 is 6.79. The number of carbonyl (C=O) groups is 1. The summed E-state index contributed by atoms with van der Waals surface area (Å²) in [5, 5.41) is 9.56. The van der Waals surface area contributed by atoms with Crippen LogP contribution in [-0.4, -0.2) is 21.5 Å². The van der Waals surface area contributed by atoms with Crippen LogP contribution < -0.4 is 0 Å². The fourth-order valence-electron chi connectivity index (χ4n) is 2.66. The van der Waals surface area contributed by atoms with Gasteiger partial charge in [-0.15, -0.1) is 6.58 Å². The Balaban J connectivity index is 2.22. The summed E-state index contributed by atoms with van der Waals surface area (Å²) in [6.45, 7) is 6.01. The molecule has 0 aliphatic rings. The summed E-state index contributed by atoms with van der Waals surface area (Å²) in [5.41, 5.74) is 0.927. The Hall–Kier alpha value is -1.64. The van der Waals surface area contributed by atoms with Gasteiger partial charge < -0.3 is 4.74 Å². The van der Waals surface area contributed by atoms with Crippen LogP contribution in [0.4, 0.5) is 0 Å². The molecule has 0 amide bonds. The lowest BCUT2D eigenvalue weighted by molar-refractivity contribution is -0.143. The molecule has 0 aliphatic heterocycles. The van der Waals surface area contributed by atoms with Crippen LogP contribution in [0.5, 0.6) is 0 Å². The molecule has 5 heteroatoms. The summed E-state index contributed by atoms with van der Waals surface area (Å²) in [6, 6.07) is 11.9. The first-order chi connectivity index (χ1) is 13.5. The van der Waals surface area contributed by atoms with Gasteiger partial charge in [0.2, 0.25) is 0 Å². The fourth-order valence-corrected chi connectivity index (χ4v) is 4.26. The maximum atomic E-state index is 12.0. The monoisotopic (exact) mass is 417 g/mol. The molecule has 1 aromatic carbocycles. The van der Waals surface area contributed by atoms with Crippen molar-refractivity contribution in [3.8, 4) is 6.07 Å². The van der Waals surface area contributed by atoms with E-state index in [1.165, 1.54) is 37.4 Å². The lowest BCUT2D eigenvalue weighted by atomic mass is 10.1. The van der Waals surface area contributed by atoms with Crippen molar-refractivity contribution in [2.75, 3.05) is 6.61 Å². The molecular weight excluding hydrogens is 386 g/mol. The predicted octanol–water partition coefficient (Wildman–Crippen LogP) is 6.62. The van der Waals surface area contributed by atoms with Crippen LogP contribution in [0.3, 0.4) is 0 Å². The van der Waals surface area contributed by atoms with Gasteiger partial charge in [0.25, 0.3) is 0 Å². The largest absolute Gasteiger partial charge is 0.466 e. The Kier molecular flexibility index (Phi) is 12.5. The Labute approximate surface area is 179 Å². The van der Waals surface area contributed by atoms with Crippen LogP contribution in [0, 0.1) is 11.3 Å². The van der Waals surface area contributed by atoms with Crippen molar-refractivity contribution in [3.05, 3.63) is 48.6 Å². The molecule has 0 aromatic heterocycles. The number of allylic oxidation sites excluding steroid dienone is 1. The summed E-state index contributed by atoms with van der Waals surface area (Å²) in [6.07, 6.45) is 10.5. The smallest absolute Gasteiger partial charge is 0.305 e. The number of unbranched alkanes of at least 4 members (excludes halogenated alkanes) is 6. The van der Waals surface area contributed by atoms with Gasteiger partial charge in [0.15, 0.2) is 0 Å². The number of benzene rings is 1. The highest BCUT2D eigenvalue weighted by Gasteiger charge is 2.28. The van der Waals surface area contributed by atoms with Crippen molar-refractivity contribution in [3.63, 3.8) is 0 Å². The number of hydrogen-bond donors (Lipinski definition) is 0. The van der Waals surface area contributed by atoms with Gasteiger partial charge in [-0.25, -0.2) is 0 Å². The van der Waals surface area contributed by atoms with Gasteiger partial charge in [0.1, 0.15) is 4.75 Å². The van der Waals surface area contributed by atoms with Crippen LogP contribution in [0.25, 0.3) is 0 Å². The second-order valence-corrected chi connectivity index (χ2v) is 9.20. The Morgan fingerprint density at radius 3 is 2.50 bits per heavy atom. The zero-order valence-electron chi connectivity index (χ0n) is 16.8. The fraction of sp³-hybridized carbons (Fsp3) is 0.522. The first kappa shape index (κ1) is 24.4. The number of ether oxygens (including phenoxy) is 1. The number of nitriles is 1. The number of esters is 1.